The average molecular weight is 548 g/mol. The lowest BCUT2D eigenvalue weighted by Crippen LogP contribution is -2.69. The number of likely N-dealkylation sites (tertiary alicyclic amines) is 1. The quantitative estimate of drug-likeness (QED) is 0.307. The number of nitrogens with one attached hydrogen (secondary N) is 2. The zero-order valence-electron chi connectivity index (χ0n) is 20.4. The van der Waals surface area contributed by atoms with E-state index in [4.69, 9.17) is 14.1 Å². The number of aliphatic imine (C=N–C) groups is 1. The summed E-state index contributed by atoms with van der Waals surface area (Å²) in [6, 6.07) is 0.370. The van der Waals surface area contributed by atoms with Gasteiger partial charge in [-0.25, -0.2) is 4.98 Å². The monoisotopic (exact) mass is 547 g/mol. The highest BCUT2D eigenvalue weighted by Gasteiger charge is 2.58. The predicted molar refractivity (Wildman–Crippen MR) is 136 cm³/mol. The minimum atomic E-state index is -0.0747. The van der Waals surface area contributed by atoms with E-state index in [1.807, 2.05) is 21.0 Å². The molecule has 0 amide bonds. The lowest BCUT2D eigenvalue weighted by Gasteiger charge is -2.59. The normalized spacial score (nSPS) is 26.8. The zero-order valence-corrected chi connectivity index (χ0v) is 22.7. The Hall–Kier alpha value is -0.870. The van der Waals surface area contributed by atoms with Crippen molar-refractivity contribution in [2.45, 2.75) is 79.0 Å². The minimum absolute atomic E-state index is 0. The van der Waals surface area contributed by atoms with Crippen LogP contribution in [-0.2, 0) is 11.3 Å². The Morgan fingerprint density at radius 2 is 1.94 bits per heavy atom. The topological polar surface area (TPSA) is 74.9 Å². The summed E-state index contributed by atoms with van der Waals surface area (Å²) in [5.41, 5.74) is 0.993. The van der Waals surface area contributed by atoms with E-state index in [2.05, 4.69) is 48.2 Å². The van der Waals surface area contributed by atoms with Crippen LogP contribution in [0.1, 0.15) is 64.3 Å². The first kappa shape index (κ1) is 26.4. The van der Waals surface area contributed by atoms with E-state index in [0.717, 1.165) is 75.3 Å². The highest BCUT2D eigenvalue weighted by molar-refractivity contribution is 14.0. The summed E-state index contributed by atoms with van der Waals surface area (Å²) in [5.74, 6) is 3.33. The van der Waals surface area contributed by atoms with Crippen molar-refractivity contribution in [2.24, 2.45) is 16.3 Å². The molecule has 2 unspecified atom stereocenters. The van der Waals surface area contributed by atoms with Crippen molar-refractivity contribution in [2.75, 3.05) is 33.3 Å². The molecule has 1 saturated carbocycles. The second-order valence-electron chi connectivity index (χ2n) is 9.75. The summed E-state index contributed by atoms with van der Waals surface area (Å²) in [5, 5.41) is 7.07. The van der Waals surface area contributed by atoms with E-state index >= 15 is 0 Å². The summed E-state index contributed by atoms with van der Waals surface area (Å²) in [7, 11) is 1.81. The summed E-state index contributed by atoms with van der Waals surface area (Å²) in [6.07, 6.45) is 3.33. The van der Waals surface area contributed by atoms with Crippen molar-refractivity contribution in [1.82, 2.24) is 20.5 Å². The highest BCUT2D eigenvalue weighted by atomic mass is 127. The SMILES string of the molecule is CCNC(=NCC1CCN(Cc2nc(C)c(C)o2)CC1)NC1CC(C)(OC)C1(C)C.I. The molecule has 1 aliphatic heterocycles. The maximum Gasteiger partial charge on any atom is 0.208 e. The maximum atomic E-state index is 5.76. The molecule has 8 heteroatoms. The summed E-state index contributed by atoms with van der Waals surface area (Å²) in [4.78, 5) is 11.9. The number of oxazole rings is 1. The number of aromatic nitrogens is 1. The number of guanidine groups is 1. The van der Waals surface area contributed by atoms with Gasteiger partial charge in [0.25, 0.3) is 0 Å². The van der Waals surface area contributed by atoms with Crippen LogP contribution in [0.4, 0.5) is 0 Å². The molecule has 1 aromatic heterocycles. The number of hydrogen-bond donors (Lipinski definition) is 2. The van der Waals surface area contributed by atoms with Crippen molar-refractivity contribution < 1.29 is 9.15 Å². The van der Waals surface area contributed by atoms with Gasteiger partial charge in [-0.3, -0.25) is 9.89 Å². The van der Waals surface area contributed by atoms with Gasteiger partial charge in [-0.2, -0.15) is 0 Å². The van der Waals surface area contributed by atoms with Crippen molar-refractivity contribution in [3.8, 4) is 0 Å². The Labute approximate surface area is 205 Å². The van der Waals surface area contributed by atoms with Gasteiger partial charge >= 0.3 is 0 Å². The van der Waals surface area contributed by atoms with E-state index in [1.54, 1.807) is 0 Å². The van der Waals surface area contributed by atoms with Crippen LogP contribution in [0.5, 0.6) is 0 Å². The molecular weight excluding hydrogens is 505 g/mol. The molecule has 2 atom stereocenters. The largest absolute Gasteiger partial charge is 0.444 e. The Morgan fingerprint density at radius 3 is 2.45 bits per heavy atom. The molecule has 0 bridgehead atoms. The van der Waals surface area contributed by atoms with Crippen LogP contribution in [0.15, 0.2) is 9.41 Å². The molecule has 0 aromatic carbocycles. The third-order valence-electron chi connectivity index (χ3n) is 7.58. The van der Waals surface area contributed by atoms with Crippen molar-refractivity contribution >= 4 is 29.9 Å². The van der Waals surface area contributed by atoms with Gasteiger partial charge < -0.3 is 19.8 Å². The van der Waals surface area contributed by atoms with Crippen LogP contribution in [0.2, 0.25) is 0 Å². The first-order valence-electron chi connectivity index (χ1n) is 11.4. The number of aryl methyl sites for hydroxylation is 2. The van der Waals surface area contributed by atoms with Gasteiger partial charge in [0.05, 0.1) is 17.8 Å². The van der Waals surface area contributed by atoms with Gasteiger partial charge in [0.2, 0.25) is 5.89 Å². The number of rotatable bonds is 7. The fourth-order valence-corrected chi connectivity index (χ4v) is 4.55. The summed E-state index contributed by atoms with van der Waals surface area (Å²) >= 11 is 0. The Balaban J connectivity index is 0.00000341. The smallest absolute Gasteiger partial charge is 0.208 e. The number of halogens is 1. The number of nitrogens with zero attached hydrogens (tertiary/aromatic N) is 3. The van der Waals surface area contributed by atoms with Gasteiger partial charge in [0.15, 0.2) is 5.96 Å². The molecule has 0 radical (unpaired) electrons. The molecule has 2 N–H and O–H groups in total. The summed E-state index contributed by atoms with van der Waals surface area (Å²) < 4.78 is 11.5. The second kappa shape index (κ2) is 10.8. The number of piperidine rings is 1. The zero-order chi connectivity index (χ0) is 21.9. The summed E-state index contributed by atoms with van der Waals surface area (Å²) in [6.45, 7) is 17.5. The van der Waals surface area contributed by atoms with Gasteiger partial charge in [-0.05, 0) is 66.0 Å². The first-order valence-corrected chi connectivity index (χ1v) is 11.4. The number of ether oxygens (including phenoxy) is 1. The highest BCUT2D eigenvalue weighted by Crippen LogP contribution is 2.51. The van der Waals surface area contributed by atoms with E-state index < -0.39 is 0 Å². The first-order chi connectivity index (χ1) is 14.2. The van der Waals surface area contributed by atoms with E-state index in [9.17, 15) is 0 Å². The van der Waals surface area contributed by atoms with Crippen LogP contribution in [0, 0.1) is 25.2 Å². The second-order valence-corrected chi connectivity index (χ2v) is 9.75. The van der Waals surface area contributed by atoms with Gasteiger partial charge in [0.1, 0.15) is 5.76 Å². The van der Waals surface area contributed by atoms with Gasteiger partial charge in [-0.1, -0.05) is 13.8 Å². The number of methoxy groups -OCH3 is 1. The van der Waals surface area contributed by atoms with Gasteiger partial charge in [0, 0.05) is 31.7 Å². The molecule has 0 spiro atoms. The maximum absolute atomic E-state index is 5.76. The van der Waals surface area contributed by atoms with Crippen LogP contribution in [0.25, 0.3) is 0 Å². The molecule has 2 heterocycles. The Morgan fingerprint density at radius 1 is 1.26 bits per heavy atom. The fraction of sp³-hybridized carbons (Fsp3) is 0.826. The minimum Gasteiger partial charge on any atom is -0.444 e. The molecule has 1 aliphatic carbocycles. The van der Waals surface area contributed by atoms with Gasteiger partial charge in [-0.15, -0.1) is 24.0 Å². The predicted octanol–water partition coefficient (Wildman–Crippen LogP) is 3.88. The molecular formula is C23H42IN5O2. The lowest BCUT2D eigenvalue weighted by molar-refractivity contribution is -0.176. The van der Waals surface area contributed by atoms with Crippen molar-refractivity contribution in [3.05, 3.63) is 17.3 Å². The van der Waals surface area contributed by atoms with Crippen LogP contribution in [0.3, 0.4) is 0 Å². The standard InChI is InChI=1S/C23H41N5O2.HI/c1-8-24-21(27-19-13-23(6,29-7)22(19,4)5)25-14-18-9-11-28(12-10-18)15-20-26-16(2)17(3)30-20;/h18-19H,8-15H2,1-7H3,(H2,24,25,27);1H. The lowest BCUT2D eigenvalue weighted by atomic mass is 9.56. The molecule has 31 heavy (non-hydrogen) atoms. The Kier molecular flexibility index (Phi) is 9.22. The van der Waals surface area contributed by atoms with E-state index in [-0.39, 0.29) is 35.0 Å². The molecule has 178 valence electrons. The molecule has 1 saturated heterocycles. The van der Waals surface area contributed by atoms with Crippen LogP contribution >= 0.6 is 24.0 Å². The Bertz CT molecular complexity index is 723. The number of hydrogen-bond acceptors (Lipinski definition) is 5. The van der Waals surface area contributed by atoms with Crippen LogP contribution < -0.4 is 10.6 Å². The molecule has 1 aromatic rings. The van der Waals surface area contributed by atoms with Crippen LogP contribution in [-0.4, -0.2) is 60.8 Å². The third kappa shape index (κ3) is 5.93. The van der Waals surface area contributed by atoms with Crippen molar-refractivity contribution in [3.63, 3.8) is 0 Å². The van der Waals surface area contributed by atoms with Crippen molar-refractivity contribution in [1.29, 1.82) is 0 Å². The third-order valence-corrected chi connectivity index (χ3v) is 7.58. The molecule has 7 nitrogen and oxygen atoms in total. The van der Waals surface area contributed by atoms with E-state index in [0.29, 0.717) is 12.0 Å². The molecule has 2 fully saturated rings. The fourth-order valence-electron chi connectivity index (χ4n) is 4.55. The molecule has 2 aliphatic rings. The van der Waals surface area contributed by atoms with E-state index in [1.165, 1.54) is 0 Å². The molecule has 3 rings (SSSR count). The average Bonchev–Trinajstić information content (AvgIpc) is 3.03.